The van der Waals surface area contributed by atoms with Crippen molar-refractivity contribution in [1.82, 2.24) is 19.2 Å². The van der Waals surface area contributed by atoms with Crippen LogP contribution in [-0.2, 0) is 35.9 Å². The molecule has 1 unspecified atom stereocenters. The third kappa shape index (κ3) is 6.61. The van der Waals surface area contributed by atoms with E-state index >= 15 is 4.39 Å². The molecule has 1 fully saturated rings. The number of ether oxygens (including phenoxy) is 3. The van der Waals surface area contributed by atoms with E-state index < -0.39 is 11.8 Å². The fraction of sp³-hybridized carbons (Fsp3) is 0.436. The standard InChI is InChI=1S/C39H44F2N4O5/c1-3-31-35-34-30(41)14-13-29-28(9-7-21-49-32-10-6-8-25-24-26(40)11-12-27(25)32)38(39(46)47)45(37(29)34)16-4-5-20-50-33(36(35)42-43(31)2)15-17-44-18-22-48-23-19-44/h6,8,10-14,24,33H,3-5,7,9,15-23H2,1-2H3,(H,46,47). The average molecular weight is 687 g/mol. The summed E-state index contributed by atoms with van der Waals surface area (Å²) < 4.78 is 52.2. The molecule has 1 atom stereocenters. The van der Waals surface area contributed by atoms with Crippen molar-refractivity contribution in [2.75, 3.05) is 46.1 Å². The van der Waals surface area contributed by atoms with Crippen molar-refractivity contribution in [3.63, 3.8) is 0 Å². The van der Waals surface area contributed by atoms with Crippen LogP contribution >= 0.6 is 0 Å². The van der Waals surface area contributed by atoms with E-state index in [-0.39, 0.29) is 17.6 Å². The van der Waals surface area contributed by atoms with Gasteiger partial charge in [0, 0.05) is 67.4 Å². The summed E-state index contributed by atoms with van der Waals surface area (Å²) in [5, 5.41) is 17.9. The molecule has 2 aliphatic heterocycles. The van der Waals surface area contributed by atoms with Crippen molar-refractivity contribution in [3.8, 4) is 16.9 Å². The first-order valence-corrected chi connectivity index (χ1v) is 17.7. The lowest BCUT2D eigenvalue weighted by molar-refractivity contribution is 0.00973. The SMILES string of the molecule is CCc1c2c(nn1C)C(CCN1CCOCC1)OCCCCn1c(C(=O)O)c(CCCOc3cccc4cc(F)ccc34)c3ccc(F)c-2c31. The summed E-state index contributed by atoms with van der Waals surface area (Å²) in [6, 6.07) is 13.3. The van der Waals surface area contributed by atoms with E-state index in [1.165, 1.54) is 18.2 Å². The maximum Gasteiger partial charge on any atom is 0.352 e. The number of carbonyl (C=O) groups is 1. The lowest BCUT2D eigenvalue weighted by atomic mass is 9.94. The third-order valence-electron chi connectivity index (χ3n) is 10.1. The fourth-order valence-corrected chi connectivity index (χ4v) is 7.74. The van der Waals surface area contributed by atoms with Crippen molar-refractivity contribution in [2.24, 2.45) is 7.05 Å². The second kappa shape index (κ2) is 14.9. The summed E-state index contributed by atoms with van der Waals surface area (Å²) in [7, 11) is 1.88. The number of benzene rings is 3. The minimum absolute atomic E-state index is 0.181. The summed E-state index contributed by atoms with van der Waals surface area (Å²) in [6.07, 6.45) is 3.30. The highest BCUT2D eigenvalue weighted by Gasteiger charge is 2.32. The van der Waals surface area contributed by atoms with Gasteiger partial charge in [-0.15, -0.1) is 0 Å². The van der Waals surface area contributed by atoms with Crippen LogP contribution in [-0.4, -0.2) is 76.4 Å². The van der Waals surface area contributed by atoms with Crippen molar-refractivity contribution in [3.05, 3.63) is 82.8 Å². The van der Waals surface area contributed by atoms with Crippen LogP contribution in [0.4, 0.5) is 8.78 Å². The zero-order valence-electron chi connectivity index (χ0n) is 28.7. The maximum absolute atomic E-state index is 16.5. The minimum Gasteiger partial charge on any atom is -0.493 e. The van der Waals surface area contributed by atoms with Gasteiger partial charge in [-0.1, -0.05) is 19.1 Å². The highest BCUT2D eigenvalue weighted by Crippen LogP contribution is 2.43. The zero-order valence-corrected chi connectivity index (χ0v) is 28.7. The first-order chi connectivity index (χ1) is 24.4. The molecule has 264 valence electrons. The molecule has 2 aromatic heterocycles. The van der Waals surface area contributed by atoms with Crippen LogP contribution in [0.5, 0.6) is 5.75 Å². The van der Waals surface area contributed by atoms with Crippen LogP contribution in [0.3, 0.4) is 0 Å². The molecule has 9 nitrogen and oxygen atoms in total. The van der Waals surface area contributed by atoms with E-state index in [2.05, 4.69) is 4.90 Å². The number of carboxylic acids is 1. The summed E-state index contributed by atoms with van der Waals surface area (Å²) in [5.41, 5.74) is 4.09. The Hall–Kier alpha value is -4.32. The topological polar surface area (TPSA) is 91.0 Å². The Morgan fingerprint density at radius 1 is 1.02 bits per heavy atom. The molecule has 11 heteroatoms. The molecule has 4 heterocycles. The van der Waals surface area contributed by atoms with Crippen LogP contribution in [0.15, 0.2) is 48.5 Å². The first-order valence-electron chi connectivity index (χ1n) is 17.7. The number of hydrogen-bond acceptors (Lipinski definition) is 6. The van der Waals surface area contributed by atoms with Crippen LogP contribution in [0.25, 0.3) is 32.8 Å². The predicted octanol–water partition coefficient (Wildman–Crippen LogP) is 7.32. The number of aromatic nitrogens is 3. The van der Waals surface area contributed by atoms with Gasteiger partial charge in [-0.05, 0) is 85.9 Å². The Bertz CT molecular complexity index is 2020. The van der Waals surface area contributed by atoms with Crippen molar-refractivity contribution in [1.29, 1.82) is 0 Å². The second-order valence-corrected chi connectivity index (χ2v) is 13.2. The number of morpholine rings is 1. The number of halogens is 2. The first kappa shape index (κ1) is 34.1. The predicted molar refractivity (Wildman–Crippen MR) is 188 cm³/mol. The number of hydrogen-bond donors (Lipinski definition) is 1. The molecule has 0 aliphatic carbocycles. The van der Waals surface area contributed by atoms with Crippen LogP contribution in [0.1, 0.15) is 66.2 Å². The van der Waals surface area contributed by atoms with Gasteiger partial charge in [0.2, 0.25) is 0 Å². The summed E-state index contributed by atoms with van der Waals surface area (Å²) in [5.74, 6) is -1.12. The van der Waals surface area contributed by atoms with E-state index in [4.69, 9.17) is 19.3 Å². The van der Waals surface area contributed by atoms with E-state index in [1.54, 1.807) is 12.1 Å². The van der Waals surface area contributed by atoms with Gasteiger partial charge >= 0.3 is 5.97 Å². The van der Waals surface area contributed by atoms with Gasteiger partial charge in [0.15, 0.2) is 0 Å². The Balaban J connectivity index is 1.28. The molecule has 7 rings (SSSR count). The Morgan fingerprint density at radius 3 is 2.64 bits per heavy atom. The highest BCUT2D eigenvalue weighted by molar-refractivity contribution is 6.04. The molecule has 5 aromatic rings. The molecule has 50 heavy (non-hydrogen) atoms. The Kier molecular flexibility index (Phi) is 10.2. The summed E-state index contributed by atoms with van der Waals surface area (Å²) >= 11 is 0. The van der Waals surface area contributed by atoms with Crippen LogP contribution in [0, 0.1) is 11.6 Å². The van der Waals surface area contributed by atoms with Gasteiger partial charge in [0.05, 0.1) is 31.0 Å². The van der Waals surface area contributed by atoms with Gasteiger partial charge in [-0.3, -0.25) is 9.58 Å². The van der Waals surface area contributed by atoms with Gasteiger partial charge in [0.25, 0.3) is 0 Å². The second-order valence-electron chi connectivity index (χ2n) is 13.2. The minimum atomic E-state index is -1.05. The molecule has 1 saturated heterocycles. The number of aromatic carboxylic acids is 1. The third-order valence-corrected chi connectivity index (χ3v) is 10.1. The van der Waals surface area contributed by atoms with E-state index in [1.807, 2.05) is 41.4 Å². The maximum atomic E-state index is 16.5. The van der Waals surface area contributed by atoms with Crippen molar-refractivity contribution >= 4 is 27.6 Å². The molecule has 0 saturated carbocycles. The monoisotopic (exact) mass is 686 g/mol. The van der Waals surface area contributed by atoms with E-state index in [0.717, 1.165) is 47.9 Å². The van der Waals surface area contributed by atoms with Gasteiger partial charge in [0.1, 0.15) is 29.2 Å². The number of aryl methyl sites for hydroxylation is 3. The highest BCUT2D eigenvalue weighted by atomic mass is 19.1. The average Bonchev–Trinajstić information content (AvgIpc) is 3.60. The largest absolute Gasteiger partial charge is 0.493 e. The molecular weight excluding hydrogens is 642 g/mol. The molecule has 3 aromatic carbocycles. The molecular formula is C39H44F2N4O5. The van der Waals surface area contributed by atoms with Gasteiger partial charge in [-0.2, -0.15) is 5.10 Å². The Labute approximate surface area is 290 Å². The molecule has 0 spiro atoms. The molecule has 0 bridgehead atoms. The van der Waals surface area contributed by atoms with Crippen LogP contribution in [0.2, 0.25) is 0 Å². The molecule has 1 N–H and O–H groups in total. The van der Waals surface area contributed by atoms with E-state index in [9.17, 15) is 14.3 Å². The summed E-state index contributed by atoms with van der Waals surface area (Å²) in [6.45, 7) is 7.19. The Morgan fingerprint density at radius 2 is 1.84 bits per heavy atom. The normalized spacial score (nSPS) is 17.2. The van der Waals surface area contributed by atoms with Gasteiger partial charge < -0.3 is 23.9 Å². The zero-order chi connectivity index (χ0) is 34.8. The van der Waals surface area contributed by atoms with Crippen molar-refractivity contribution < 1.29 is 32.9 Å². The lowest BCUT2D eigenvalue weighted by Gasteiger charge is -2.28. The summed E-state index contributed by atoms with van der Waals surface area (Å²) in [4.78, 5) is 15.4. The fourth-order valence-electron chi connectivity index (χ4n) is 7.74. The van der Waals surface area contributed by atoms with Crippen LogP contribution < -0.4 is 4.74 Å². The van der Waals surface area contributed by atoms with E-state index in [0.29, 0.717) is 98.7 Å². The van der Waals surface area contributed by atoms with Crippen molar-refractivity contribution in [2.45, 2.75) is 58.1 Å². The molecule has 2 aliphatic rings. The molecule has 0 amide bonds. The number of carboxylic acid groups (broad SMARTS) is 1. The van der Waals surface area contributed by atoms with Gasteiger partial charge in [-0.25, -0.2) is 13.6 Å². The number of fused-ring (bicyclic) bond motifs is 3. The lowest BCUT2D eigenvalue weighted by Crippen LogP contribution is -2.37. The number of nitrogens with zero attached hydrogens (tertiary/aromatic N) is 4. The number of rotatable bonds is 10. The molecule has 0 radical (unpaired) electrons. The quantitative estimate of drug-likeness (QED) is 0.154. The smallest absolute Gasteiger partial charge is 0.352 e.